The highest BCUT2D eigenvalue weighted by Gasteiger charge is 2.12. The van der Waals surface area contributed by atoms with Gasteiger partial charge in [0.05, 0.1) is 0 Å². The summed E-state index contributed by atoms with van der Waals surface area (Å²) >= 11 is 11.7. The van der Waals surface area contributed by atoms with E-state index in [1.165, 1.54) is 37.8 Å². The Morgan fingerprint density at radius 3 is 2.44 bits per heavy atom. The molecule has 0 saturated carbocycles. The Balaban J connectivity index is 1.64. The summed E-state index contributed by atoms with van der Waals surface area (Å²) in [6.45, 7) is 2.49. The van der Waals surface area contributed by atoms with Gasteiger partial charge in [-0.2, -0.15) is 0 Å². The van der Waals surface area contributed by atoms with Crippen LogP contribution in [-0.4, -0.2) is 29.0 Å². The van der Waals surface area contributed by atoms with E-state index >= 15 is 0 Å². The van der Waals surface area contributed by atoms with Crippen LogP contribution in [0.1, 0.15) is 41.6 Å². The Morgan fingerprint density at radius 1 is 1.08 bits per heavy atom. The zero-order valence-electron chi connectivity index (χ0n) is 13.8. The van der Waals surface area contributed by atoms with E-state index < -0.39 is 0 Å². The quantitative estimate of drug-likeness (QED) is 0.813. The van der Waals surface area contributed by atoms with E-state index in [9.17, 15) is 4.79 Å². The molecule has 25 heavy (non-hydrogen) atoms. The lowest BCUT2D eigenvalue weighted by Gasteiger charge is -2.21. The fourth-order valence-corrected chi connectivity index (χ4v) is 3.38. The van der Waals surface area contributed by atoms with Crippen molar-refractivity contribution in [1.29, 1.82) is 0 Å². The topological polar surface area (TPSA) is 58.1 Å². The van der Waals surface area contributed by atoms with Crippen molar-refractivity contribution in [2.24, 2.45) is 0 Å². The average Bonchev–Trinajstić information content (AvgIpc) is 2.88. The number of carbonyl (C=O) groups excluding carboxylic acids is 1. The van der Waals surface area contributed by atoms with Crippen molar-refractivity contribution in [2.45, 2.75) is 32.2 Å². The number of aromatic nitrogens is 2. The fourth-order valence-electron chi connectivity index (χ4n) is 2.92. The molecule has 0 aromatic carbocycles. The zero-order chi connectivity index (χ0) is 17.6. The fraction of sp³-hybridized carbons (Fsp3) is 0.389. The summed E-state index contributed by atoms with van der Waals surface area (Å²) in [6, 6.07) is 6.95. The number of nitrogens with zero attached hydrogens (tertiary/aromatic N) is 3. The van der Waals surface area contributed by atoms with Gasteiger partial charge in [0, 0.05) is 31.4 Å². The molecular weight excluding hydrogens is 359 g/mol. The third kappa shape index (κ3) is 5.06. The summed E-state index contributed by atoms with van der Waals surface area (Å²) in [5.41, 5.74) is 1.40. The number of nitrogens with one attached hydrogen (secondary N) is 1. The largest absolute Gasteiger partial charge is 0.357 e. The average molecular weight is 379 g/mol. The molecule has 0 radical (unpaired) electrons. The van der Waals surface area contributed by atoms with Crippen LogP contribution in [0, 0.1) is 0 Å². The van der Waals surface area contributed by atoms with E-state index in [-0.39, 0.29) is 16.2 Å². The van der Waals surface area contributed by atoms with Crippen LogP contribution in [0.5, 0.6) is 0 Å². The van der Waals surface area contributed by atoms with Crippen molar-refractivity contribution in [3.05, 3.63) is 51.9 Å². The van der Waals surface area contributed by atoms with E-state index in [1.54, 1.807) is 6.20 Å². The molecule has 1 N–H and O–H groups in total. The Kier molecular flexibility index (Phi) is 6.10. The van der Waals surface area contributed by atoms with Crippen molar-refractivity contribution in [3.8, 4) is 0 Å². The van der Waals surface area contributed by atoms with Crippen LogP contribution in [0.3, 0.4) is 0 Å². The van der Waals surface area contributed by atoms with Crippen molar-refractivity contribution < 1.29 is 4.79 Å². The Labute approximate surface area is 157 Å². The van der Waals surface area contributed by atoms with Crippen molar-refractivity contribution in [2.75, 3.05) is 18.0 Å². The highest BCUT2D eigenvalue weighted by molar-refractivity contribution is 6.33. The number of hydrogen-bond donors (Lipinski definition) is 1. The first-order valence-corrected chi connectivity index (χ1v) is 9.18. The van der Waals surface area contributed by atoms with Gasteiger partial charge in [-0.3, -0.25) is 4.79 Å². The van der Waals surface area contributed by atoms with Crippen molar-refractivity contribution >= 4 is 34.9 Å². The third-order valence-corrected chi connectivity index (χ3v) is 4.61. The molecule has 3 heterocycles. The lowest BCUT2D eigenvalue weighted by atomic mass is 10.2. The maximum Gasteiger partial charge on any atom is 0.251 e. The number of halogens is 2. The Bertz CT molecular complexity index is 725. The van der Waals surface area contributed by atoms with E-state index in [0.717, 1.165) is 24.5 Å². The minimum Gasteiger partial charge on any atom is -0.357 e. The van der Waals surface area contributed by atoms with E-state index in [4.69, 9.17) is 23.2 Å². The molecule has 2 aromatic heterocycles. The molecule has 5 nitrogen and oxygen atoms in total. The Hall–Kier alpha value is -1.85. The molecule has 1 aliphatic heterocycles. The van der Waals surface area contributed by atoms with Crippen LogP contribution in [0.25, 0.3) is 0 Å². The van der Waals surface area contributed by atoms with Gasteiger partial charge >= 0.3 is 0 Å². The van der Waals surface area contributed by atoms with E-state index in [2.05, 4.69) is 20.2 Å². The summed E-state index contributed by atoms with van der Waals surface area (Å²) < 4.78 is 0. The van der Waals surface area contributed by atoms with Crippen LogP contribution in [0.4, 0.5) is 5.82 Å². The number of rotatable bonds is 4. The first kappa shape index (κ1) is 18.0. The lowest BCUT2D eigenvalue weighted by Crippen LogP contribution is -2.26. The molecule has 3 rings (SSSR count). The molecule has 2 aromatic rings. The molecule has 1 aliphatic rings. The van der Waals surface area contributed by atoms with Gasteiger partial charge < -0.3 is 10.2 Å². The first-order valence-electron chi connectivity index (χ1n) is 8.43. The van der Waals surface area contributed by atoms with Gasteiger partial charge in [0.1, 0.15) is 16.1 Å². The van der Waals surface area contributed by atoms with Gasteiger partial charge in [-0.1, -0.05) is 36.0 Å². The van der Waals surface area contributed by atoms with Gasteiger partial charge in [-0.05, 0) is 42.7 Å². The monoisotopic (exact) mass is 378 g/mol. The first-order chi connectivity index (χ1) is 12.1. The number of anilines is 1. The molecule has 0 spiro atoms. The number of hydrogen-bond acceptors (Lipinski definition) is 4. The molecule has 0 bridgehead atoms. The maximum atomic E-state index is 12.3. The number of carbonyl (C=O) groups is 1. The molecular formula is C18H20Cl2N4O. The van der Waals surface area contributed by atoms with Crippen molar-refractivity contribution in [1.82, 2.24) is 15.3 Å². The highest BCUT2D eigenvalue weighted by Crippen LogP contribution is 2.19. The van der Waals surface area contributed by atoms with Gasteiger partial charge in [0.15, 0.2) is 0 Å². The highest BCUT2D eigenvalue weighted by atomic mass is 35.5. The zero-order valence-corrected chi connectivity index (χ0v) is 15.4. The number of pyridine rings is 2. The van der Waals surface area contributed by atoms with Crippen LogP contribution >= 0.6 is 23.2 Å². The molecule has 132 valence electrons. The van der Waals surface area contributed by atoms with Crippen LogP contribution in [0.2, 0.25) is 10.3 Å². The SMILES string of the molecule is O=C(NCc1ccnc(N2CCCCCC2)c1)c1cc(Cl)nc(Cl)c1. The second-order valence-corrected chi connectivity index (χ2v) is 6.88. The summed E-state index contributed by atoms with van der Waals surface area (Å²) in [6.07, 6.45) is 6.76. The summed E-state index contributed by atoms with van der Waals surface area (Å²) in [7, 11) is 0. The lowest BCUT2D eigenvalue weighted by molar-refractivity contribution is 0.0951. The van der Waals surface area contributed by atoms with Crippen LogP contribution < -0.4 is 10.2 Å². The number of amides is 1. The molecule has 1 fully saturated rings. The van der Waals surface area contributed by atoms with Gasteiger partial charge in [-0.15, -0.1) is 0 Å². The molecule has 0 aliphatic carbocycles. The van der Waals surface area contributed by atoms with Crippen LogP contribution in [0.15, 0.2) is 30.5 Å². The minimum absolute atomic E-state index is 0.199. The minimum atomic E-state index is -0.237. The predicted octanol–water partition coefficient (Wildman–Crippen LogP) is 4.09. The second kappa shape index (κ2) is 8.50. The normalized spacial score (nSPS) is 14.9. The van der Waals surface area contributed by atoms with Gasteiger partial charge in [0.2, 0.25) is 0 Å². The molecule has 0 unspecified atom stereocenters. The summed E-state index contributed by atoms with van der Waals surface area (Å²) in [5, 5.41) is 3.28. The second-order valence-electron chi connectivity index (χ2n) is 6.11. The van der Waals surface area contributed by atoms with Crippen molar-refractivity contribution in [3.63, 3.8) is 0 Å². The standard InChI is InChI=1S/C18H20Cl2N4O/c19-15-10-14(11-16(20)23-15)18(25)22-12-13-5-6-21-17(9-13)24-7-3-1-2-4-8-24/h5-6,9-11H,1-4,7-8,12H2,(H,22,25). The molecule has 1 amide bonds. The Morgan fingerprint density at radius 2 is 1.76 bits per heavy atom. The summed E-state index contributed by atoms with van der Waals surface area (Å²) in [4.78, 5) is 22.9. The smallest absolute Gasteiger partial charge is 0.251 e. The maximum absolute atomic E-state index is 12.3. The summed E-state index contributed by atoms with van der Waals surface area (Å²) in [5.74, 6) is 0.739. The van der Waals surface area contributed by atoms with E-state index in [0.29, 0.717) is 12.1 Å². The van der Waals surface area contributed by atoms with Gasteiger partial charge in [0.25, 0.3) is 5.91 Å². The molecule has 7 heteroatoms. The third-order valence-electron chi connectivity index (χ3n) is 4.22. The van der Waals surface area contributed by atoms with Gasteiger partial charge in [-0.25, -0.2) is 9.97 Å². The molecule has 0 atom stereocenters. The predicted molar refractivity (Wildman–Crippen MR) is 100 cm³/mol. The van der Waals surface area contributed by atoms with E-state index in [1.807, 2.05) is 12.1 Å². The molecule has 1 saturated heterocycles. The van der Waals surface area contributed by atoms with Crippen LogP contribution in [-0.2, 0) is 6.54 Å².